The molecule has 1 rings (SSSR count). The molecule has 0 aromatic heterocycles. The third kappa shape index (κ3) is 4.37. The monoisotopic (exact) mass is 250 g/mol. The van der Waals surface area contributed by atoms with Crippen molar-refractivity contribution in [3.05, 3.63) is 23.8 Å². The number of carbonyl (C=O) groups is 1. The van der Waals surface area contributed by atoms with Crippen LogP contribution in [-0.4, -0.2) is 24.2 Å². The van der Waals surface area contributed by atoms with Crippen molar-refractivity contribution in [2.45, 2.75) is 27.7 Å². The van der Waals surface area contributed by atoms with Gasteiger partial charge in [-0.05, 0) is 30.7 Å². The van der Waals surface area contributed by atoms with Crippen LogP contribution in [0.25, 0.3) is 0 Å². The number of anilines is 2. The van der Waals surface area contributed by atoms with Gasteiger partial charge in [0.15, 0.2) is 0 Å². The van der Waals surface area contributed by atoms with Gasteiger partial charge in [0.05, 0.1) is 0 Å². The minimum atomic E-state index is -0.149. The second kappa shape index (κ2) is 5.87. The maximum atomic E-state index is 11.0. The minimum Gasteiger partial charge on any atom is -0.396 e. The second-order valence-corrected chi connectivity index (χ2v) is 5.39. The molecular weight excluding hydrogens is 228 g/mol. The average Bonchev–Trinajstić information content (AvgIpc) is 2.29. The van der Waals surface area contributed by atoms with Crippen molar-refractivity contribution in [3.8, 4) is 0 Å². The molecule has 100 valence electrons. The highest BCUT2D eigenvalue weighted by molar-refractivity contribution is 5.89. The van der Waals surface area contributed by atoms with Gasteiger partial charge in [-0.3, -0.25) is 4.79 Å². The van der Waals surface area contributed by atoms with Crippen LogP contribution in [0.4, 0.5) is 11.4 Å². The molecule has 18 heavy (non-hydrogen) atoms. The predicted octanol–water partition coefficient (Wildman–Crippen LogP) is 2.38. The second-order valence-electron chi connectivity index (χ2n) is 5.39. The summed E-state index contributed by atoms with van der Waals surface area (Å²) in [6, 6.07) is 5.79. The molecule has 4 nitrogen and oxygen atoms in total. The molecule has 0 unspecified atom stereocenters. The zero-order valence-corrected chi connectivity index (χ0v) is 11.5. The van der Waals surface area contributed by atoms with E-state index in [1.807, 2.05) is 39.0 Å². The van der Waals surface area contributed by atoms with E-state index in [0.717, 1.165) is 16.9 Å². The lowest BCUT2D eigenvalue weighted by Crippen LogP contribution is -2.26. The molecule has 0 atom stereocenters. The highest BCUT2D eigenvalue weighted by Crippen LogP contribution is 2.21. The van der Waals surface area contributed by atoms with Gasteiger partial charge in [0.1, 0.15) is 0 Å². The van der Waals surface area contributed by atoms with Crippen molar-refractivity contribution in [2.24, 2.45) is 5.41 Å². The topological polar surface area (TPSA) is 61.4 Å². The van der Waals surface area contributed by atoms with Crippen LogP contribution in [-0.2, 0) is 4.79 Å². The van der Waals surface area contributed by atoms with Crippen molar-refractivity contribution in [1.29, 1.82) is 0 Å². The maximum Gasteiger partial charge on any atom is 0.221 e. The summed E-state index contributed by atoms with van der Waals surface area (Å²) < 4.78 is 0. The molecule has 0 heterocycles. The van der Waals surface area contributed by atoms with E-state index in [0.29, 0.717) is 6.54 Å². The summed E-state index contributed by atoms with van der Waals surface area (Å²) in [7, 11) is 0. The number of hydrogen-bond donors (Lipinski definition) is 3. The van der Waals surface area contributed by atoms with E-state index in [4.69, 9.17) is 0 Å². The summed E-state index contributed by atoms with van der Waals surface area (Å²) in [5, 5.41) is 15.2. The number of nitrogens with one attached hydrogen (secondary N) is 2. The summed E-state index contributed by atoms with van der Waals surface area (Å²) in [6.07, 6.45) is 0. The number of hydrogen-bond acceptors (Lipinski definition) is 3. The van der Waals surface area contributed by atoms with Crippen molar-refractivity contribution in [2.75, 3.05) is 23.8 Å². The summed E-state index contributed by atoms with van der Waals surface area (Å²) in [5.41, 5.74) is 2.68. The standard InChI is InChI=1S/C14H22N2O2/c1-10-7-12(15-8-14(3,4)9-17)5-6-13(10)16-11(2)18/h5-7,15,17H,8-9H2,1-4H3,(H,16,18). The van der Waals surface area contributed by atoms with E-state index in [2.05, 4.69) is 10.6 Å². The van der Waals surface area contributed by atoms with Crippen LogP contribution >= 0.6 is 0 Å². The molecule has 1 aromatic rings. The fourth-order valence-corrected chi connectivity index (χ4v) is 1.50. The van der Waals surface area contributed by atoms with Gasteiger partial charge in [-0.1, -0.05) is 13.8 Å². The summed E-state index contributed by atoms with van der Waals surface area (Å²) >= 11 is 0. The molecule has 0 spiro atoms. The molecule has 0 saturated carbocycles. The van der Waals surface area contributed by atoms with Crippen LogP contribution in [0, 0.1) is 12.3 Å². The van der Waals surface area contributed by atoms with Crippen molar-refractivity contribution < 1.29 is 9.90 Å². The minimum absolute atomic E-state index is 0.0692. The SMILES string of the molecule is CC(=O)Nc1ccc(NCC(C)(C)CO)cc1C. The lowest BCUT2D eigenvalue weighted by atomic mass is 9.95. The Labute approximate surface area is 108 Å². The predicted molar refractivity (Wildman–Crippen MR) is 74.8 cm³/mol. The largest absolute Gasteiger partial charge is 0.396 e. The Bertz CT molecular complexity index is 428. The molecule has 1 amide bonds. The zero-order chi connectivity index (χ0) is 13.8. The van der Waals surface area contributed by atoms with Crippen molar-refractivity contribution in [3.63, 3.8) is 0 Å². The highest BCUT2D eigenvalue weighted by Gasteiger charge is 2.15. The molecule has 0 saturated heterocycles. The van der Waals surface area contributed by atoms with E-state index in [9.17, 15) is 9.90 Å². The number of aryl methyl sites for hydroxylation is 1. The Hall–Kier alpha value is -1.55. The quantitative estimate of drug-likeness (QED) is 0.752. The number of rotatable bonds is 5. The molecule has 3 N–H and O–H groups in total. The van der Waals surface area contributed by atoms with Gasteiger partial charge in [-0.2, -0.15) is 0 Å². The lowest BCUT2D eigenvalue weighted by Gasteiger charge is -2.23. The third-order valence-electron chi connectivity index (χ3n) is 2.74. The van der Waals surface area contributed by atoms with E-state index in [1.54, 1.807) is 0 Å². The van der Waals surface area contributed by atoms with E-state index in [-0.39, 0.29) is 17.9 Å². The zero-order valence-electron chi connectivity index (χ0n) is 11.5. The number of benzene rings is 1. The fraction of sp³-hybridized carbons (Fsp3) is 0.500. The smallest absolute Gasteiger partial charge is 0.221 e. The van der Waals surface area contributed by atoms with Crippen LogP contribution in [0.3, 0.4) is 0 Å². The molecule has 0 aliphatic carbocycles. The van der Waals surface area contributed by atoms with Gasteiger partial charge in [-0.15, -0.1) is 0 Å². The Morgan fingerprint density at radius 2 is 2.06 bits per heavy atom. The van der Waals surface area contributed by atoms with E-state index in [1.165, 1.54) is 6.92 Å². The molecule has 0 radical (unpaired) electrons. The van der Waals surface area contributed by atoms with Crippen LogP contribution < -0.4 is 10.6 Å². The van der Waals surface area contributed by atoms with E-state index >= 15 is 0 Å². The first-order valence-electron chi connectivity index (χ1n) is 6.07. The summed E-state index contributed by atoms with van der Waals surface area (Å²) in [4.78, 5) is 11.0. The molecule has 0 aliphatic rings. The van der Waals surface area contributed by atoms with Crippen LogP contribution in [0.1, 0.15) is 26.3 Å². The van der Waals surface area contributed by atoms with Gasteiger partial charge in [-0.25, -0.2) is 0 Å². The van der Waals surface area contributed by atoms with Crippen LogP contribution in [0.5, 0.6) is 0 Å². The van der Waals surface area contributed by atoms with E-state index < -0.39 is 0 Å². The Balaban J connectivity index is 2.70. The number of amides is 1. The Kier molecular flexibility index (Phi) is 4.73. The van der Waals surface area contributed by atoms with Gasteiger partial charge in [0.2, 0.25) is 5.91 Å². The molecule has 0 bridgehead atoms. The van der Waals surface area contributed by atoms with Gasteiger partial charge in [0, 0.05) is 36.9 Å². The number of aliphatic hydroxyl groups excluding tert-OH is 1. The normalized spacial score (nSPS) is 11.2. The first kappa shape index (κ1) is 14.5. The average molecular weight is 250 g/mol. The molecule has 1 aromatic carbocycles. The maximum absolute atomic E-state index is 11.0. The molecular formula is C14H22N2O2. The summed E-state index contributed by atoms with van der Waals surface area (Å²) in [5.74, 6) is -0.0692. The van der Waals surface area contributed by atoms with Gasteiger partial charge < -0.3 is 15.7 Å². The van der Waals surface area contributed by atoms with Crippen molar-refractivity contribution >= 4 is 17.3 Å². The first-order chi connectivity index (χ1) is 8.34. The Morgan fingerprint density at radius 1 is 1.39 bits per heavy atom. The van der Waals surface area contributed by atoms with Crippen molar-refractivity contribution in [1.82, 2.24) is 0 Å². The molecule has 4 heteroatoms. The molecule has 0 aliphatic heterocycles. The third-order valence-corrected chi connectivity index (χ3v) is 2.74. The lowest BCUT2D eigenvalue weighted by molar-refractivity contribution is -0.114. The summed E-state index contributed by atoms with van der Waals surface area (Å²) in [6.45, 7) is 8.28. The number of aliphatic hydroxyl groups is 1. The van der Waals surface area contributed by atoms with Gasteiger partial charge >= 0.3 is 0 Å². The highest BCUT2D eigenvalue weighted by atomic mass is 16.3. The van der Waals surface area contributed by atoms with Crippen LogP contribution in [0.15, 0.2) is 18.2 Å². The van der Waals surface area contributed by atoms with Gasteiger partial charge in [0.25, 0.3) is 0 Å². The Morgan fingerprint density at radius 3 is 2.56 bits per heavy atom. The first-order valence-corrected chi connectivity index (χ1v) is 6.07. The van der Waals surface area contributed by atoms with Crippen LogP contribution in [0.2, 0.25) is 0 Å². The fourth-order valence-electron chi connectivity index (χ4n) is 1.50. The molecule has 0 fully saturated rings. The number of carbonyl (C=O) groups excluding carboxylic acids is 1.